The van der Waals surface area contributed by atoms with Crippen molar-refractivity contribution in [3.63, 3.8) is 0 Å². The zero-order valence-corrected chi connectivity index (χ0v) is 38.8. The molecule has 3 N–H and O–H groups in total. The molecule has 0 saturated carbocycles. The van der Waals surface area contributed by atoms with Gasteiger partial charge in [0.25, 0.3) is 9.05 Å². The SMILES string of the molecule is C[C@@H](NC(=O)OC(C)(C)C)C1CCN(S(=O)(=O)c2cccc3cnccc23)CC1.C[C@@H](NC(=O)OC(C)(C)C)C1CCNCC1.Cl.O=S(=O)(Cl)c1cccc2cnccc12. The van der Waals surface area contributed by atoms with Crippen molar-refractivity contribution in [3.05, 3.63) is 73.3 Å². The molecule has 2 aliphatic rings. The normalized spacial score (nSPS) is 16.8. The highest BCUT2D eigenvalue weighted by Crippen LogP contribution is 2.30. The van der Waals surface area contributed by atoms with Crippen molar-refractivity contribution < 1.29 is 35.9 Å². The predicted molar refractivity (Wildman–Crippen MR) is 239 cm³/mol. The first-order chi connectivity index (χ1) is 27.5. The number of hydrogen-bond acceptors (Lipinski definition) is 11. The molecule has 0 bridgehead atoms. The number of sulfonamides is 1. The number of aromatic nitrogens is 2. The molecule has 60 heavy (non-hydrogen) atoms. The molecule has 0 radical (unpaired) electrons. The van der Waals surface area contributed by atoms with Gasteiger partial charge in [-0.3, -0.25) is 9.97 Å². The van der Waals surface area contributed by atoms with Crippen molar-refractivity contribution in [2.75, 3.05) is 26.2 Å². The Morgan fingerprint density at radius 1 is 0.717 bits per heavy atom. The zero-order chi connectivity index (χ0) is 43.6. The van der Waals surface area contributed by atoms with E-state index < -0.39 is 36.4 Å². The first kappa shape index (κ1) is 50.6. The molecule has 0 spiro atoms. The minimum atomic E-state index is -3.68. The first-order valence-corrected chi connectivity index (χ1v) is 23.6. The van der Waals surface area contributed by atoms with Gasteiger partial charge in [0.05, 0.1) is 9.79 Å². The van der Waals surface area contributed by atoms with Gasteiger partial charge in [0.1, 0.15) is 11.2 Å². The van der Waals surface area contributed by atoms with E-state index in [1.807, 2.05) is 54.5 Å². The van der Waals surface area contributed by atoms with Gasteiger partial charge in [-0.1, -0.05) is 24.3 Å². The monoisotopic (exact) mass is 910 g/mol. The van der Waals surface area contributed by atoms with Crippen LogP contribution in [0.5, 0.6) is 0 Å². The van der Waals surface area contributed by atoms with E-state index in [0.717, 1.165) is 36.7 Å². The first-order valence-electron chi connectivity index (χ1n) is 19.9. The number of piperidine rings is 2. The Hall–Kier alpha value is -3.80. The van der Waals surface area contributed by atoms with E-state index in [1.165, 1.54) is 12.3 Å². The molecule has 18 heteroatoms. The van der Waals surface area contributed by atoms with Crippen molar-refractivity contribution in [3.8, 4) is 0 Å². The van der Waals surface area contributed by atoms with E-state index in [0.29, 0.717) is 47.5 Å². The largest absolute Gasteiger partial charge is 0.444 e. The Morgan fingerprint density at radius 3 is 1.57 bits per heavy atom. The quantitative estimate of drug-likeness (QED) is 0.153. The van der Waals surface area contributed by atoms with Crippen LogP contribution in [0.4, 0.5) is 9.59 Å². The van der Waals surface area contributed by atoms with Crippen LogP contribution in [0.1, 0.15) is 81.1 Å². The Bertz CT molecular complexity index is 2250. The van der Waals surface area contributed by atoms with E-state index in [4.69, 9.17) is 20.2 Å². The van der Waals surface area contributed by atoms with Crippen LogP contribution in [0.2, 0.25) is 0 Å². The number of fused-ring (bicyclic) bond motifs is 2. The summed E-state index contributed by atoms with van der Waals surface area (Å²) < 4.78 is 60.9. The molecule has 4 aromatic rings. The average molecular weight is 912 g/mol. The summed E-state index contributed by atoms with van der Waals surface area (Å²) in [4.78, 5) is 32.0. The molecule has 2 aromatic carbocycles. The second-order valence-corrected chi connectivity index (χ2v) is 21.3. The molecule has 2 amide bonds. The summed E-state index contributed by atoms with van der Waals surface area (Å²) >= 11 is 0. The molecule has 0 unspecified atom stereocenters. The summed E-state index contributed by atoms with van der Waals surface area (Å²) in [7, 11) is -1.99. The smallest absolute Gasteiger partial charge is 0.407 e. The number of pyridine rings is 2. The molecular weight excluding hydrogens is 852 g/mol. The van der Waals surface area contributed by atoms with Gasteiger partial charge in [0.2, 0.25) is 10.0 Å². The lowest BCUT2D eigenvalue weighted by molar-refractivity contribution is 0.0471. The number of nitrogens with one attached hydrogen (secondary N) is 3. The molecule has 332 valence electrons. The van der Waals surface area contributed by atoms with Gasteiger partial charge in [-0.05, 0) is 130 Å². The number of ether oxygens (including phenoxy) is 2. The Morgan fingerprint density at radius 2 is 1.13 bits per heavy atom. The summed E-state index contributed by atoms with van der Waals surface area (Å²) in [5.41, 5.74) is -0.965. The molecule has 4 heterocycles. The predicted octanol–water partition coefficient (Wildman–Crippen LogP) is 8.03. The maximum absolute atomic E-state index is 13.2. The number of rotatable bonds is 7. The van der Waals surface area contributed by atoms with Gasteiger partial charge in [-0.2, -0.15) is 4.31 Å². The molecule has 2 saturated heterocycles. The highest BCUT2D eigenvalue weighted by atomic mass is 35.7. The number of benzene rings is 2. The molecule has 2 aromatic heterocycles. The zero-order valence-electron chi connectivity index (χ0n) is 35.6. The van der Waals surface area contributed by atoms with Crippen molar-refractivity contribution in [2.45, 2.75) is 114 Å². The number of amides is 2. The van der Waals surface area contributed by atoms with Crippen LogP contribution in [0.25, 0.3) is 21.5 Å². The lowest BCUT2D eigenvalue weighted by Gasteiger charge is -2.34. The summed E-state index contributed by atoms with van der Waals surface area (Å²) in [6.45, 7) is 18.0. The third-order valence-corrected chi connectivity index (χ3v) is 13.3. The number of halogens is 2. The van der Waals surface area contributed by atoms with Gasteiger partial charge in [-0.15, -0.1) is 12.4 Å². The lowest BCUT2D eigenvalue weighted by atomic mass is 9.91. The second-order valence-electron chi connectivity index (χ2n) is 16.8. The summed E-state index contributed by atoms with van der Waals surface area (Å²) in [5.74, 6) is 0.763. The average Bonchev–Trinajstić information content (AvgIpc) is 3.16. The van der Waals surface area contributed by atoms with E-state index in [1.54, 1.807) is 59.3 Å². The van der Waals surface area contributed by atoms with Crippen LogP contribution in [-0.2, 0) is 28.5 Å². The molecule has 2 atom stereocenters. The molecular formula is C42H60Cl2N6O8S2. The van der Waals surface area contributed by atoms with Crippen LogP contribution in [-0.4, -0.2) is 92.8 Å². The van der Waals surface area contributed by atoms with E-state index in [9.17, 15) is 26.4 Å². The molecule has 2 aliphatic heterocycles. The minimum Gasteiger partial charge on any atom is -0.444 e. The maximum Gasteiger partial charge on any atom is 0.407 e. The molecule has 14 nitrogen and oxygen atoms in total. The topological polar surface area (TPSA) is 186 Å². The van der Waals surface area contributed by atoms with Crippen LogP contribution >= 0.6 is 23.1 Å². The Kier molecular flexibility index (Phi) is 18.4. The number of hydrogen-bond donors (Lipinski definition) is 3. The number of carbonyl (C=O) groups excluding carboxylic acids is 2. The third kappa shape index (κ3) is 15.3. The van der Waals surface area contributed by atoms with E-state index >= 15 is 0 Å². The molecule has 6 rings (SSSR count). The van der Waals surface area contributed by atoms with Gasteiger partial charge in [0, 0.05) is 82.2 Å². The van der Waals surface area contributed by atoms with E-state index in [-0.39, 0.29) is 41.4 Å². The summed E-state index contributed by atoms with van der Waals surface area (Å²) in [6.07, 6.45) is 9.28. The number of carbonyl (C=O) groups is 2. The van der Waals surface area contributed by atoms with E-state index in [2.05, 4.69) is 32.8 Å². The summed E-state index contributed by atoms with van der Waals surface area (Å²) in [5, 5.41) is 12.0. The highest BCUT2D eigenvalue weighted by Gasteiger charge is 2.33. The fraction of sp³-hybridized carbons (Fsp3) is 0.524. The van der Waals surface area contributed by atoms with Crippen molar-refractivity contribution in [1.82, 2.24) is 30.2 Å². The van der Waals surface area contributed by atoms with Gasteiger partial charge in [0.15, 0.2) is 0 Å². The number of nitrogens with zero attached hydrogens (tertiary/aromatic N) is 3. The van der Waals surface area contributed by atoms with Crippen LogP contribution in [0.15, 0.2) is 83.1 Å². The van der Waals surface area contributed by atoms with Crippen molar-refractivity contribution in [2.24, 2.45) is 11.8 Å². The van der Waals surface area contributed by atoms with Crippen molar-refractivity contribution >= 4 is 75.9 Å². The molecule has 2 fully saturated rings. The van der Waals surface area contributed by atoms with Crippen molar-refractivity contribution in [1.29, 1.82) is 0 Å². The Balaban J connectivity index is 0.000000262. The van der Waals surface area contributed by atoms with Crippen LogP contribution < -0.4 is 16.0 Å². The van der Waals surface area contributed by atoms with Crippen LogP contribution in [0, 0.1) is 11.8 Å². The minimum absolute atomic E-state index is 0. The van der Waals surface area contributed by atoms with Crippen LogP contribution in [0.3, 0.4) is 0 Å². The van der Waals surface area contributed by atoms with Gasteiger partial charge < -0.3 is 25.4 Å². The van der Waals surface area contributed by atoms with Gasteiger partial charge in [-0.25, -0.2) is 26.4 Å². The fourth-order valence-corrected chi connectivity index (χ4v) is 9.72. The fourth-order valence-electron chi connectivity index (χ4n) is 6.95. The molecule has 0 aliphatic carbocycles. The standard InChI is InChI=1S/C21H29N3O4S.C12H24N2O2.C9H6ClNO2S.ClH/c1-15(23-20(25)28-21(2,3)4)16-9-12-24(13-10-16)29(26,27)19-7-5-6-17-14-22-11-8-18(17)19;1-9(10-5-7-13-8-6-10)14-11(15)16-12(2,3)4;10-14(12,13)9-3-1-2-7-6-11-5-4-8(7)9;/h5-8,11,14-16H,9-10,12-13H2,1-4H3,(H,23,25);9-10,13H,5-8H2,1-4H3,(H,14,15);1-6H;1H/t15-;9-;;/m11../s1. The maximum atomic E-state index is 13.2. The summed E-state index contributed by atoms with van der Waals surface area (Å²) in [6, 6.07) is 13.6. The number of alkyl carbamates (subject to hydrolysis) is 2. The second kappa shape index (κ2) is 21.8. The third-order valence-electron chi connectivity index (χ3n) is 9.95. The lowest BCUT2D eigenvalue weighted by Crippen LogP contribution is -2.46. The van der Waals surface area contributed by atoms with Gasteiger partial charge >= 0.3 is 12.2 Å². The Labute approximate surface area is 365 Å². The highest BCUT2D eigenvalue weighted by molar-refractivity contribution is 8.14.